The van der Waals surface area contributed by atoms with Gasteiger partial charge in [-0.2, -0.15) is 10.2 Å². The maximum Gasteiger partial charge on any atom is 0.137 e. The molecule has 0 aliphatic carbocycles. The molecule has 0 atom stereocenters. The van der Waals surface area contributed by atoms with Gasteiger partial charge in [-0.3, -0.25) is 10.2 Å². The Morgan fingerprint density at radius 3 is 1.62 bits per heavy atom. The van der Waals surface area contributed by atoms with E-state index >= 15 is 0 Å². The van der Waals surface area contributed by atoms with Crippen LogP contribution >= 0.6 is 0 Å². The summed E-state index contributed by atoms with van der Waals surface area (Å²) in [7, 11) is 0. The van der Waals surface area contributed by atoms with Crippen LogP contribution in [0.5, 0.6) is 0 Å². The Labute approximate surface area is 93.9 Å². The van der Waals surface area contributed by atoms with E-state index in [9.17, 15) is 0 Å². The van der Waals surface area contributed by atoms with Crippen molar-refractivity contribution < 1.29 is 0 Å². The van der Waals surface area contributed by atoms with Crippen molar-refractivity contribution in [2.75, 3.05) is 0 Å². The molecule has 2 rings (SSSR count). The molecule has 0 aliphatic heterocycles. The van der Waals surface area contributed by atoms with Crippen molar-refractivity contribution in [3.05, 3.63) is 24.3 Å². The molecule has 0 amide bonds. The summed E-state index contributed by atoms with van der Waals surface area (Å²) in [6, 6.07) is 0. The maximum atomic E-state index is 4.08. The van der Waals surface area contributed by atoms with E-state index in [1.165, 1.54) is 12.8 Å². The van der Waals surface area contributed by atoms with Gasteiger partial charge in [0.05, 0.1) is 0 Å². The smallest absolute Gasteiger partial charge is 0.137 e. The Morgan fingerprint density at radius 2 is 1.25 bits per heavy atom. The second-order valence-corrected chi connectivity index (χ2v) is 3.78. The molecule has 0 aliphatic rings. The van der Waals surface area contributed by atoms with Crippen LogP contribution < -0.4 is 0 Å². The Balaban J connectivity index is 1.49. The molecule has 0 saturated carbocycles. The summed E-state index contributed by atoms with van der Waals surface area (Å²) in [6.07, 6.45) is 9.84. The van der Waals surface area contributed by atoms with Crippen molar-refractivity contribution in [2.45, 2.75) is 38.5 Å². The monoisotopic (exact) mass is 220 g/mol. The molecule has 2 N–H and O–H groups in total. The van der Waals surface area contributed by atoms with Gasteiger partial charge >= 0.3 is 0 Å². The van der Waals surface area contributed by atoms with Gasteiger partial charge in [-0.05, 0) is 12.8 Å². The van der Waals surface area contributed by atoms with Gasteiger partial charge in [-0.15, -0.1) is 0 Å². The van der Waals surface area contributed by atoms with E-state index in [0.717, 1.165) is 37.3 Å². The Kier molecular flexibility index (Phi) is 4.04. The Hall–Kier alpha value is -1.72. The van der Waals surface area contributed by atoms with Gasteiger partial charge in [0.2, 0.25) is 0 Å². The largest absolute Gasteiger partial charge is 0.263 e. The van der Waals surface area contributed by atoms with Crippen molar-refractivity contribution in [2.24, 2.45) is 0 Å². The molecule has 86 valence electrons. The summed E-state index contributed by atoms with van der Waals surface area (Å²) in [6.45, 7) is 0. The van der Waals surface area contributed by atoms with Crippen LogP contribution in [0.3, 0.4) is 0 Å². The zero-order chi connectivity index (χ0) is 11.1. The minimum Gasteiger partial charge on any atom is -0.263 e. The number of unbranched alkanes of at least 4 members (excludes halogenated alkanes) is 3. The van der Waals surface area contributed by atoms with Crippen molar-refractivity contribution in [3.63, 3.8) is 0 Å². The SMILES string of the molecule is c1n[nH]c(CCCCCCc2ncn[nH]2)n1. The molecule has 6 heteroatoms. The van der Waals surface area contributed by atoms with Crippen LogP contribution in [0.4, 0.5) is 0 Å². The lowest BCUT2D eigenvalue weighted by molar-refractivity contribution is 0.622. The van der Waals surface area contributed by atoms with E-state index < -0.39 is 0 Å². The van der Waals surface area contributed by atoms with E-state index in [1.807, 2.05) is 0 Å². The fraction of sp³-hybridized carbons (Fsp3) is 0.600. The van der Waals surface area contributed by atoms with E-state index in [2.05, 4.69) is 30.4 Å². The lowest BCUT2D eigenvalue weighted by atomic mass is 10.1. The lowest BCUT2D eigenvalue weighted by Gasteiger charge is -1.98. The van der Waals surface area contributed by atoms with Crippen LogP contribution in [0.1, 0.15) is 37.3 Å². The van der Waals surface area contributed by atoms with Crippen LogP contribution in [0, 0.1) is 0 Å². The number of aromatic amines is 2. The first-order valence-corrected chi connectivity index (χ1v) is 5.63. The van der Waals surface area contributed by atoms with Crippen molar-refractivity contribution >= 4 is 0 Å². The predicted molar refractivity (Wildman–Crippen MR) is 58.6 cm³/mol. The molecule has 6 nitrogen and oxygen atoms in total. The van der Waals surface area contributed by atoms with Gasteiger partial charge < -0.3 is 0 Å². The summed E-state index contributed by atoms with van der Waals surface area (Å²) in [4.78, 5) is 8.17. The molecule has 0 unspecified atom stereocenters. The van der Waals surface area contributed by atoms with Gasteiger partial charge in [0, 0.05) is 12.8 Å². The first-order chi connectivity index (χ1) is 7.95. The Morgan fingerprint density at radius 1 is 0.750 bits per heavy atom. The zero-order valence-corrected chi connectivity index (χ0v) is 9.19. The fourth-order valence-electron chi connectivity index (χ4n) is 1.64. The highest BCUT2D eigenvalue weighted by Crippen LogP contribution is 2.06. The van der Waals surface area contributed by atoms with Crippen molar-refractivity contribution in [3.8, 4) is 0 Å². The molecule has 0 saturated heterocycles. The third-order valence-electron chi connectivity index (χ3n) is 2.51. The van der Waals surface area contributed by atoms with Crippen molar-refractivity contribution in [1.29, 1.82) is 0 Å². The topological polar surface area (TPSA) is 83.1 Å². The van der Waals surface area contributed by atoms with Gasteiger partial charge in [-0.1, -0.05) is 12.8 Å². The van der Waals surface area contributed by atoms with Crippen LogP contribution in [-0.2, 0) is 12.8 Å². The van der Waals surface area contributed by atoms with Crippen LogP contribution in [0.25, 0.3) is 0 Å². The molecule has 0 bridgehead atoms. The average Bonchev–Trinajstić information content (AvgIpc) is 2.96. The molecular formula is C10H16N6. The van der Waals surface area contributed by atoms with Gasteiger partial charge in [0.25, 0.3) is 0 Å². The van der Waals surface area contributed by atoms with Crippen LogP contribution in [0.15, 0.2) is 12.7 Å². The summed E-state index contributed by atoms with van der Waals surface area (Å²) < 4.78 is 0. The number of rotatable bonds is 7. The quantitative estimate of drug-likeness (QED) is 0.688. The number of nitrogens with zero attached hydrogens (tertiary/aromatic N) is 4. The van der Waals surface area contributed by atoms with Crippen LogP contribution in [-0.4, -0.2) is 30.4 Å². The number of aryl methyl sites for hydroxylation is 2. The summed E-state index contributed by atoms with van der Waals surface area (Å²) in [5.74, 6) is 1.96. The molecule has 0 fully saturated rings. The zero-order valence-electron chi connectivity index (χ0n) is 9.19. The highest BCUT2D eigenvalue weighted by atomic mass is 15.2. The number of hydrogen-bond acceptors (Lipinski definition) is 4. The summed E-state index contributed by atoms with van der Waals surface area (Å²) in [5, 5.41) is 13.4. The average molecular weight is 220 g/mol. The highest BCUT2D eigenvalue weighted by molar-refractivity contribution is 4.80. The normalized spacial score (nSPS) is 10.8. The highest BCUT2D eigenvalue weighted by Gasteiger charge is 1.97. The minimum absolute atomic E-state index is 0.982. The van der Waals surface area contributed by atoms with E-state index in [1.54, 1.807) is 12.7 Å². The van der Waals surface area contributed by atoms with Gasteiger partial charge in [0.1, 0.15) is 24.3 Å². The molecule has 0 spiro atoms. The van der Waals surface area contributed by atoms with E-state index in [-0.39, 0.29) is 0 Å². The molecule has 0 aromatic carbocycles. The molecule has 2 aromatic heterocycles. The summed E-state index contributed by atoms with van der Waals surface area (Å²) >= 11 is 0. The number of hydrogen-bond donors (Lipinski definition) is 2. The predicted octanol–water partition coefficient (Wildman–Crippen LogP) is 1.27. The number of aromatic nitrogens is 6. The van der Waals surface area contributed by atoms with Gasteiger partial charge in [0.15, 0.2) is 0 Å². The first-order valence-electron chi connectivity index (χ1n) is 5.63. The second kappa shape index (κ2) is 5.99. The third-order valence-corrected chi connectivity index (χ3v) is 2.51. The maximum absolute atomic E-state index is 4.08. The fourth-order valence-corrected chi connectivity index (χ4v) is 1.64. The molecule has 16 heavy (non-hydrogen) atoms. The van der Waals surface area contributed by atoms with Crippen molar-refractivity contribution in [1.82, 2.24) is 30.4 Å². The molecule has 2 heterocycles. The van der Waals surface area contributed by atoms with Crippen LogP contribution in [0.2, 0.25) is 0 Å². The molecule has 0 radical (unpaired) electrons. The third kappa shape index (κ3) is 3.45. The first kappa shape index (κ1) is 10.8. The second-order valence-electron chi connectivity index (χ2n) is 3.78. The Bertz CT molecular complexity index is 328. The lowest BCUT2D eigenvalue weighted by Crippen LogP contribution is -1.91. The van der Waals surface area contributed by atoms with Gasteiger partial charge in [-0.25, -0.2) is 9.97 Å². The standard InChI is InChI=1S/C10H16N6/c1(3-5-9-11-7-13-15-9)2-4-6-10-12-8-14-16-10/h7-8H,1-6H2,(H,11,13,15)(H,12,14,16). The number of H-pyrrole nitrogens is 2. The molecule has 2 aromatic rings. The molecular weight excluding hydrogens is 204 g/mol. The van der Waals surface area contributed by atoms with E-state index in [4.69, 9.17) is 0 Å². The summed E-state index contributed by atoms with van der Waals surface area (Å²) in [5.41, 5.74) is 0. The number of nitrogens with one attached hydrogen (secondary N) is 2. The minimum atomic E-state index is 0.982. The van der Waals surface area contributed by atoms with E-state index in [0.29, 0.717) is 0 Å².